The third kappa shape index (κ3) is 5.50. The number of halogens is 2. The number of hydrogen-bond donors (Lipinski definition) is 1. The van der Waals surface area contributed by atoms with Gasteiger partial charge in [-0.25, -0.2) is 0 Å². The van der Waals surface area contributed by atoms with E-state index < -0.39 is 0 Å². The Morgan fingerprint density at radius 3 is 2.63 bits per heavy atom. The Bertz CT molecular complexity index is 1050. The van der Waals surface area contributed by atoms with Crippen LogP contribution in [0.25, 0.3) is 11.1 Å². The highest BCUT2D eigenvalue weighted by Gasteiger charge is 2.15. The lowest BCUT2D eigenvalue weighted by Gasteiger charge is -2.11. The van der Waals surface area contributed by atoms with E-state index >= 15 is 0 Å². The largest absolute Gasteiger partial charge is 0.491 e. The summed E-state index contributed by atoms with van der Waals surface area (Å²) in [6, 6.07) is 13.1. The van der Waals surface area contributed by atoms with Crippen molar-refractivity contribution in [2.75, 3.05) is 13.7 Å². The normalized spacial score (nSPS) is 11.3. The second-order valence-corrected chi connectivity index (χ2v) is 7.83. The van der Waals surface area contributed by atoms with Gasteiger partial charge in [0, 0.05) is 6.54 Å². The zero-order valence-corrected chi connectivity index (χ0v) is 18.6. The Morgan fingerprint density at radius 1 is 1.20 bits per heavy atom. The average Bonchev–Trinajstić information content (AvgIpc) is 3.23. The first-order valence-electron chi connectivity index (χ1n) is 9.05. The van der Waals surface area contributed by atoms with Crippen LogP contribution in [0.2, 0.25) is 5.02 Å². The van der Waals surface area contributed by atoms with Crippen LogP contribution < -0.4 is 14.8 Å². The number of nitrogens with one attached hydrogen (secondary N) is 1. The van der Waals surface area contributed by atoms with Gasteiger partial charge in [0.1, 0.15) is 0 Å². The molecule has 1 aromatic heterocycles. The number of benzene rings is 2. The molecule has 0 bridgehead atoms. The zero-order chi connectivity index (χ0) is 21.5. The molecule has 6 nitrogen and oxygen atoms in total. The molecule has 0 aliphatic rings. The molecule has 3 aromatic rings. The van der Waals surface area contributed by atoms with Crippen LogP contribution in [0.4, 0.5) is 0 Å². The van der Waals surface area contributed by atoms with Gasteiger partial charge in [0.2, 0.25) is 5.01 Å². The molecule has 1 heterocycles. The molecule has 0 aliphatic heterocycles. The molecule has 0 aliphatic carbocycles. The van der Waals surface area contributed by atoms with E-state index in [1.807, 2.05) is 37.3 Å². The molecule has 0 saturated carbocycles. The third-order valence-electron chi connectivity index (χ3n) is 3.95. The smallest absolute Gasteiger partial charge is 0.282 e. The van der Waals surface area contributed by atoms with Gasteiger partial charge in [0.15, 0.2) is 16.5 Å². The number of carbonyl (C=O) groups is 1. The van der Waals surface area contributed by atoms with Gasteiger partial charge in [-0.2, -0.15) is 0 Å². The van der Waals surface area contributed by atoms with E-state index in [0.29, 0.717) is 45.3 Å². The van der Waals surface area contributed by atoms with Crippen molar-refractivity contribution in [3.8, 4) is 11.5 Å². The van der Waals surface area contributed by atoms with E-state index in [4.69, 9.17) is 32.7 Å². The highest BCUT2D eigenvalue weighted by molar-refractivity contribution is 7.15. The lowest BCUT2D eigenvalue weighted by atomic mass is 10.2. The summed E-state index contributed by atoms with van der Waals surface area (Å²) >= 11 is 13.8. The van der Waals surface area contributed by atoms with Crippen LogP contribution in [0, 0.1) is 0 Å². The molecule has 9 heteroatoms. The first kappa shape index (κ1) is 22.1. The quantitative estimate of drug-likeness (QED) is 0.492. The number of carbonyl (C=O) groups excluding carboxylic acids is 1. The number of aromatic nitrogens is 2. The molecule has 30 heavy (non-hydrogen) atoms. The summed E-state index contributed by atoms with van der Waals surface area (Å²) in [5, 5.41) is 12.2. The monoisotopic (exact) mass is 463 g/mol. The zero-order valence-electron chi connectivity index (χ0n) is 16.3. The molecule has 0 atom stereocenters. The van der Waals surface area contributed by atoms with E-state index in [9.17, 15) is 4.79 Å². The second-order valence-electron chi connectivity index (χ2n) is 6.04. The molecule has 0 fully saturated rings. The summed E-state index contributed by atoms with van der Waals surface area (Å²) in [6.07, 6.45) is 1.68. The minimum absolute atomic E-state index is 0.232. The Labute approximate surface area is 188 Å². The predicted molar refractivity (Wildman–Crippen MR) is 120 cm³/mol. The van der Waals surface area contributed by atoms with E-state index in [0.717, 1.165) is 16.9 Å². The fraction of sp³-hybridized carbons (Fsp3) is 0.190. The molecule has 3 rings (SSSR count). The van der Waals surface area contributed by atoms with E-state index in [2.05, 4.69) is 15.5 Å². The summed E-state index contributed by atoms with van der Waals surface area (Å²) in [7, 11) is 1.53. The maximum Gasteiger partial charge on any atom is 0.282 e. The summed E-state index contributed by atoms with van der Waals surface area (Å²) in [5.41, 5.74) is 1.70. The molecule has 1 amide bonds. The number of nitrogens with zero attached hydrogens (tertiary/aromatic N) is 2. The lowest BCUT2D eigenvalue weighted by Crippen LogP contribution is -2.22. The predicted octanol–water partition coefficient (Wildman–Crippen LogP) is 5.27. The number of hydrogen-bond acceptors (Lipinski definition) is 6. The lowest BCUT2D eigenvalue weighted by molar-refractivity contribution is 0.0950. The molecular formula is C21H19Cl2N3O3S. The standard InChI is InChI=1S/C21H19Cl2N3O3S/c1-3-29-17-11-14(9-15(22)18(17)28-2)10-16(23)20-25-26-21(30-20)19(27)24-12-13-7-5-4-6-8-13/h4-11H,3,12H2,1-2H3,(H,24,27)/b16-10-. The topological polar surface area (TPSA) is 73.3 Å². The summed E-state index contributed by atoms with van der Waals surface area (Å²) < 4.78 is 10.9. The summed E-state index contributed by atoms with van der Waals surface area (Å²) in [4.78, 5) is 12.3. The van der Waals surface area contributed by atoms with Gasteiger partial charge in [-0.3, -0.25) is 4.79 Å². The van der Waals surface area contributed by atoms with Crippen molar-refractivity contribution in [3.05, 3.63) is 68.6 Å². The molecular weight excluding hydrogens is 445 g/mol. The average molecular weight is 464 g/mol. The van der Waals surface area contributed by atoms with Crippen molar-refractivity contribution >= 4 is 51.6 Å². The van der Waals surface area contributed by atoms with Crippen LogP contribution in [0.1, 0.15) is 32.9 Å². The van der Waals surface area contributed by atoms with Crippen molar-refractivity contribution in [3.63, 3.8) is 0 Å². The number of ether oxygens (including phenoxy) is 2. The van der Waals surface area contributed by atoms with Gasteiger partial charge in [-0.15, -0.1) is 10.2 Å². The van der Waals surface area contributed by atoms with E-state index in [1.54, 1.807) is 18.2 Å². The van der Waals surface area contributed by atoms with E-state index in [1.165, 1.54) is 7.11 Å². The second kappa shape index (κ2) is 10.4. The molecule has 156 valence electrons. The van der Waals surface area contributed by atoms with Gasteiger partial charge in [0.25, 0.3) is 5.91 Å². The highest BCUT2D eigenvalue weighted by atomic mass is 35.5. The van der Waals surface area contributed by atoms with Crippen molar-refractivity contribution in [1.82, 2.24) is 15.5 Å². The first-order valence-corrected chi connectivity index (χ1v) is 10.6. The number of methoxy groups -OCH3 is 1. The van der Waals surface area contributed by atoms with Crippen LogP contribution in [0.5, 0.6) is 11.5 Å². The van der Waals surface area contributed by atoms with Crippen molar-refractivity contribution in [2.24, 2.45) is 0 Å². The maximum absolute atomic E-state index is 12.3. The molecule has 0 radical (unpaired) electrons. The molecule has 2 aromatic carbocycles. The fourth-order valence-corrected chi connectivity index (χ4v) is 3.85. The Balaban J connectivity index is 1.74. The number of amides is 1. The van der Waals surface area contributed by atoms with Gasteiger partial charge < -0.3 is 14.8 Å². The van der Waals surface area contributed by atoms with E-state index in [-0.39, 0.29) is 10.9 Å². The van der Waals surface area contributed by atoms with Crippen molar-refractivity contribution in [2.45, 2.75) is 13.5 Å². The number of rotatable bonds is 8. The Kier molecular flexibility index (Phi) is 7.68. The van der Waals surface area contributed by atoms with Gasteiger partial charge in [-0.1, -0.05) is 64.9 Å². The highest BCUT2D eigenvalue weighted by Crippen LogP contribution is 2.37. The Hall–Kier alpha value is -2.61. The fourth-order valence-electron chi connectivity index (χ4n) is 2.61. The van der Waals surface area contributed by atoms with Gasteiger partial charge in [-0.05, 0) is 36.3 Å². The summed E-state index contributed by atoms with van der Waals surface area (Å²) in [5.74, 6) is 0.666. The van der Waals surface area contributed by atoms with Crippen LogP contribution in [-0.2, 0) is 6.54 Å². The molecule has 0 saturated heterocycles. The maximum atomic E-state index is 12.3. The summed E-state index contributed by atoms with van der Waals surface area (Å²) in [6.45, 7) is 2.74. The van der Waals surface area contributed by atoms with Crippen LogP contribution in [0.15, 0.2) is 42.5 Å². The van der Waals surface area contributed by atoms with Gasteiger partial charge in [0.05, 0.1) is 23.8 Å². The first-order chi connectivity index (χ1) is 14.5. The van der Waals surface area contributed by atoms with Gasteiger partial charge >= 0.3 is 0 Å². The minimum atomic E-state index is -0.307. The minimum Gasteiger partial charge on any atom is -0.491 e. The van der Waals surface area contributed by atoms with Crippen LogP contribution in [0.3, 0.4) is 0 Å². The van der Waals surface area contributed by atoms with Crippen molar-refractivity contribution < 1.29 is 14.3 Å². The molecule has 0 spiro atoms. The Morgan fingerprint density at radius 2 is 1.93 bits per heavy atom. The van der Waals surface area contributed by atoms with Crippen LogP contribution in [-0.4, -0.2) is 29.8 Å². The van der Waals surface area contributed by atoms with Crippen LogP contribution >= 0.6 is 34.5 Å². The van der Waals surface area contributed by atoms with Crippen molar-refractivity contribution in [1.29, 1.82) is 0 Å². The molecule has 0 unspecified atom stereocenters. The molecule has 1 N–H and O–H groups in total. The third-order valence-corrected chi connectivity index (χ3v) is 5.58. The SMILES string of the molecule is CCOc1cc(/C=C(\Cl)c2nnc(C(=O)NCc3ccccc3)s2)cc(Cl)c1OC.